The third kappa shape index (κ3) is 4.43. The number of carbonyl (C=O) groups excluding carboxylic acids is 1. The molecule has 1 heterocycles. The van der Waals surface area contributed by atoms with Crippen molar-refractivity contribution in [3.63, 3.8) is 0 Å². The zero-order valence-corrected chi connectivity index (χ0v) is 16.4. The topological polar surface area (TPSA) is 76.0 Å². The molecule has 1 aliphatic heterocycles. The first-order valence-corrected chi connectivity index (χ1v) is 9.54. The summed E-state index contributed by atoms with van der Waals surface area (Å²) in [6.07, 6.45) is -3.46. The smallest absolute Gasteiger partial charge is 0.299 e. The summed E-state index contributed by atoms with van der Waals surface area (Å²) in [4.78, 5) is 11.8. The van der Waals surface area contributed by atoms with E-state index in [4.69, 9.17) is 21.1 Å². The van der Waals surface area contributed by atoms with E-state index in [2.05, 4.69) is 0 Å². The Labute approximate surface area is 171 Å². The normalized spacial score (nSPS) is 22.6. The molecule has 156 valence electrons. The van der Waals surface area contributed by atoms with E-state index in [1.165, 1.54) is 42.5 Å². The molecule has 3 rings (SSSR count). The van der Waals surface area contributed by atoms with E-state index in [1.54, 1.807) is 6.92 Å². The van der Waals surface area contributed by atoms with E-state index in [0.717, 1.165) is 0 Å². The van der Waals surface area contributed by atoms with Gasteiger partial charge in [0, 0.05) is 17.5 Å². The number of rotatable bonds is 6. The van der Waals surface area contributed by atoms with Crippen molar-refractivity contribution >= 4 is 17.4 Å². The van der Waals surface area contributed by atoms with Crippen molar-refractivity contribution in [2.75, 3.05) is 13.2 Å². The fraction of sp³-hybridized carbons (Fsp3) is 0.381. The minimum atomic E-state index is -3.39. The Hall–Kier alpha value is -2.06. The number of aliphatic hydroxyl groups excluding tert-OH is 2. The van der Waals surface area contributed by atoms with Crippen LogP contribution in [0.25, 0.3) is 0 Å². The van der Waals surface area contributed by atoms with Crippen LogP contribution in [0, 0.1) is 0 Å². The quantitative estimate of drug-likeness (QED) is 0.737. The van der Waals surface area contributed by atoms with Crippen LogP contribution in [0.4, 0.5) is 8.78 Å². The Bertz CT molecular complexity index is 872. The SMILES string of the molecule is CCOc1ccc(C(F)(F)c2cc([C@H]3C[C@@H](O)C(=O)[C@@H](CO)O3)ccc2Cl)cc1. The van der Waals surface area contributed by atoms with Crippen LogP contribution in [-0.2, 0) is 15.5 Å². The number of hydrogen-bond donors (Lipinski definition) is 2. The molecule has 0 radical (unpaired) electrons. The summed E-state index contributed by atoms with van der Waals surface area (Å²) in [7, 11) is 0. The van der Waals surface area contributed by atoms with Gasteiger partial charge in [0.15, 0.2) is 5.78 Å². The zero-order chi connectivity index (χ0) is 21.2. The first-order valence-electron chi connectivity index (χ1n) is 9.17. The van der Waals surface area contributed by atoms with Crippen LogP contribution in [-0.4, -0.2) is 41.4 Å². The van der Waals surface area contributed by atoms with Crippen LogP contribution < -0.4 is 4.74 Å². The molecule has 3 atom stereocenters. The molecule has 1 fully saturated rings. The van der Waals surface area contributed by atoms with Crippen molar-refractivity contribution in [1.29, 1.82) is 0 Å². The van der Waals surface area contributed by atoms with Crippen molar-refractivity contribution in [1.82, 2.24) is 0 Å². The van der Waals surface area contributed by atoms with Gasteiger partial charge in [0.25, 0.3) is 5.92 Å². The summed E-state index contributed by atoms with van der Waals surface area (Å²) < 4.78 is 41.1. The predicted molar refractivity (Wildman–Crippen MR) is 102 cm³/mol. The van der Waals surface area contributed by atoms with E-state index in [9.17, 15) is 15.0 Å². The van der Waals surface area contributed by atoms with Gasteiger partial charge in [0.2, 0.25) is 0 Å². The molecular weight excluding hydrogens is 406 g/mol. The molecule has 0 spiro atoms. The van der Waals surface area contributed by atoms with E-state index in [1.807, 2.05) is 0 Å². The average molecular weight is 427 g/mol. The molecule has 0 bridgehead atoms. The summed E-state index contributed by atoms with van der Waals surface area (Å²) in [6, 6.07) is 9.51. The standard InChI is InChI=1S/C21H21ClF2O5/c1-2-28-14-6-4-13(5-7-14)21(23,24)15-9-12(3-8-16(15)22)18-10-17(26)20(27)19(11-25)29-18/h3-9,17-19,25-26H,2,10-11H2,1H3/t17-,18-,19-/m1/s1. The largest absolute Gasteiger partial charge is 0.494 e. The van der Waals surface area contributed by atoms with Crippen LogP contribution in [0.1, 0.15) is 36.1 Å². The molecule has 2 N–H and O–H groups in total. The average Bonchev–Trinajstić information content (AvgIpc) is 2.71. The Kier molecular flexibility index (Phi) is 6.53. The molecule has 5 nitrogen and oxygen atoms in total. The summed E-state index contributed by atoms with van der Waals surface area (Å²) in [5.41, 5.74) is -0.343. The molecule has 0 unspecified atom stereocenters. The molecule has 29 heavy (non-hydrogen) atoms. The number of aliphatic hydroxyl groups is 2. The maximum absolute atomic E-state index is 15.2. The van der Waals surface area contributed by atoms with Gasteiger partial charge in [-0.2, -0.15) is 8.78 Å². The molecule has 1 aliphatic rings. The van der Waals surface area contributed by atoms with Crippen LogP contribution in [0.3, 0.4) is 0 Å². The minimum absolute atomic E-state index is 0.0922. The molecule has 1 saturated heterocycles. The Morgan fingerprint density at radius 1 is 1.24 bits per heavy atom. The fourth-order valence-corrected chi connectivity index (χ4v) is 3.50. The van der Waals surface area contributed by atoms with Gasteiger partial charge < -0.3 is 19.7 Å². The maximum atomic E-state index is 15.2. The number of carbonyl (C=O) groups is 1. The lowest BCUT2D eigenvalue weighted by Crippen LogP contribution is -2.43. The summed E-state index contributed by atoms with van der Waals surface area (Å²) in [5, 5.41) is 19.1. The van der Waals surface area contributed by atoms with E-state index >= 15 is 8.78 Å². The van der Waals surface area contributed by atoms with Crippen molar-refractivity contribution in [2.45, 2.75) is 37.6 Å². The molecule has 8 heteroatoms. The second-order valence-corrected chi connectivity index (χ2v) is 7.13. The van der Waals surface area contributed by atoms with Crippen molar-refractivity contribution < 1.29 is 33.3 Å². The summed E-state index contributed by atoms with van der Waals surface area (Å²) in [6.45, 7) is 1.62. The first kappa shape index (κ1) is 21.6. The number of hydrogen-bond acceptors (Lipinski definition) is 5. The number of benzene rings is 2. The van der Waals surface area contributed by atoms with Gasteiger partial charge in [-0.25, -0.2) is 0 Å². The highest BCUT2D eigenvalue weighted by Crippen LogP contribution is 2.42. The Balaban J connectivity index is 1.93. The number of Topliss-reactive ketones (excluding diaryl/α,β-unsaturated/α-hetero) is 1. The number of ketones is 1. The van der Waals surface area contributed by atoms with Crippen molar-refractivity contribution in [3.05, 3.63) is 64.2 Å². The second kappa shape index (κ2) is 8.75. The third-order valence-electron chi connectivity index (χ3n) is 4.81. The predicted octanol–water partition coefficient (Wildman–Crippen LogP) is 3.63. The number of alkyl halides is 2. The fourth-order valence-electron chi connectivity index (χ4n) is 3.27. The summed E-state index contributed by atoms with van der Waals surface area (Å²) >= 11 is 6.07. The van der Waals surface area contributed by atoms with Crippen LogP contribution in [0.2, 0.25) is 5.02 Å². The van der Waals surface area contributed by atoms with Crippen molar-refractivity contribution in [2.24, 2.45) is 0 Å². The molecule has 0 aliphatic carbocycles. The lowest BCUT2D eigenvalue weighted by Gasteiger charge is -2.32. The van der Waals surface area contributed by atoms with Gasteiger partial charge >= 0.3 is 0 Å². The van der Waals surface area contributed by atoms with Crippen LogP contribution in [0.5, 0.6) is 5.75 Å². The highest BCUT2D eigenvalue weighted by Gasteiger charge is 2.39. The molecule has 0 amide bonds. The van der Waals surface area contributed by atoms with Crippen LogP contribution >= 0.6 is 11.6 Å². The lowest BCUT2D eigenvalue weighted by molar-refractivity contribution is -0.161. The van der Waals surface area contributed by atoms with Crippen molar-refractivity contribution in [3.8, 4) is 5.75 Å². The second-order valence-electron chi connectivity index (χ2n) is 6.72. The van der Waals surface area contributed by atoms with Crippen LogP contribution in [0.15, 0.2) is 42.5 Å². The third-order valence-corrected chi connectivity index (χ3v) is 5.14. The first-order chi connectivity index (χ1) is 13.8. The van der Waals surface area contributed by atoms with E-state index in [0.29, 0.717) is 17.9 Å². The number of halogens is 3. The van der Waals surface area contributed by atoms with E-state index < -0.39 is 42.2 Å². The molecule has 2 aromatic rings. The zero-order valence-electron chi connectivity index (χ0n) is 15.6. The molecule has 0 aromatic heterocycles. The monoisotopic (exact) mass is 426 g/mol. The van der Waals surface area contributed by atoms with Gasteiger partial charge in [-0.1, -0.05) is 17.7 Å². The number of ether oxygens (including phenoxy) is 2. The Morgan fingerprint density at radius 2 is 1.93 bits per heavy atom. The van der Waals surface area contributed by atoms with E-state index in [-0.39, 0.29) is 17.0 Å². The minimum Gasteiger partial charge on any atom is -0.494 e. The molecular formula is C21H21ClF2O5. The van der Waals surface area contributed by atoms with Gasteiger partial charge in [-0.3, -0.25) is 4.79 Å². The maximum Gasteiger partial charge on any atom is 0.299 e. The Morgan fingerprint density at radius 3 is 2.55 bits per heavy atom. The summed E-state index contributed by atoms with van der Waals surface area (Å²) in [5.74, 6) is -3.54. The van der Waals surface area contributed by atoms with Gasteiger partial charge in [-0.05, 0) is 48.9 Å². The highest BCUT2D eigenvalue weighted by atomic mass is 35.5. The van der Waals surface area contributed by atoms with Gasteiger partial charge in [0.05, 0.1) is 24.3 Å². The molecule has 2 aromatic carbocycles. The lowest BCUT2D eigenvalue weighted by atomic mass is 9.92. The van der Waals surface area contributed by atoms with Gasteiger partial charge in [-0.15, -0.1) is 0 Å². The molecule has 0 saturated carbocycles. The van der Waals surface area contributed by atoms with Gasteiger partial charge in [0.1, 0.15) is 18.0 Å². The highest BCUT2D eigenvalue weighted by molar-refractivity contribution is 6.31.